The molecule has 0 aliphatic carbocycles. The van der Waals surface area contributed by atoms with Gasteiger partial charge in [0.2, 0.25) is 0 Å². The number of para-hydroxylation sites is 1. The van der Waals surface area contributed by atoms with Crippen LogP contribution in [0.15, 0.2) is 42.5 Å². The Bertz CT molecular complexity index is 684. The van der Waals surface area contributed by atoms with Gasteiger partial charge in [-0.3, -0.25) is 4.79 Å². The summed E-state index contributed by atoms with van der Waals surface area (Å²) in [7, 11) is 1.54. The molecule has 2 aromatic rings. The monoisotopic (exact) mass is 314 g/mol. The van der Waals surface area contributed by atoms with E-state index in [0.29, 0.717) is 41.0 Å². The van der Waals surface area contributed by atoms with Crippen molar-refractivity contribution in [3.05, 3.63) is 48.0 Å². The molecule has 0 aliphatic rings. The molecule has 23 heavy (non-hydrogen) atoms. The van der Waals surface area contributed by atoms with Crippen LogP contribution in [0.4, 0.5) is 11.4 Å². The third-order valence-electron chi connectivity index (χ3n) is 3.18. The number of ether oxygens (including phenoxy) is 2. The Labute approximate surface area is 136 Å². The quantitative estimate of drug-likeness (QED) is 0.800. The number of nitrogens with one attached hydrogen (secondary N) is 1. The van der Waals surface area contributed by atoms with Crippen molar-refractivity contribution in [3.63, 3.8) is 0 Å². The van der Waals surface area contributed by atoms with E-state index in [0.717, 1.165) is 0 Å². The minimum absolute atomic E-state index is 0.270. The number of carbonyl (C=O) groups excluding carboxylic acids is 1. The van der Waals surface area contributed by atoms with Crippen molar-refractivity contribution in [2.24, 2.45) is 5.92 Å². The van der Waals surface area contributed by atoms with Crippen molar-refractivity contribution in [3.8, 4) is 11.5 Å². The zero-order valence-corrected chi connectivity index (χ0v) is 13.6. The first-order chi connectivity index (χ1) is 11.0. The normalized spacial score (nSPS) is 10.4. The third-order valence-corrected chi connectivity index (χ3v) is 3.18. The van der Waals surface area contributed by atoms with Crippen molar-refractivity contribution >= 4 is 17.3 Å². The molecule has 0 heterocycles. The Balaban J connectivity index is 2.23. The number of nitrogen functional groups attached to an aromatic ring is 1. The van der Waals surface area contributed by atoms with Gasteiger partial charge in [-0.1, -0.05) is 26.0 Å². The zero-order chi connectivity index (χ0) is 16.8. The number of benzene rings is 2. The van der Waals surface area contributed by atoms with Crippen LogP contribution in [-0.2, 0) is 0 Å². The second-order valence-corrected chi connectivity index (χ2v) is 5.61. The van der Waals surface area contributed by atoms with Crippen molar-refractivity contribution in [2.75, 3.05) is 24.8 Å². The number of anilines is 2. The molecule has 0 aromatic heterocycles. The minimum atomic E-state index is -0.270. The molecule has 0 spiro atoms. The molecule has 122 valence electrons. The number of nitrogens with two attached hydrogens (primary N) is 1. The lowest BCUT2D eigenvalue weighted by Crippen LogP contribution is -2.15. The average Bonchev–Trinajstić information content (AvgIpc) is 2.53. The summed E-state index contributed by atoms with van der Waals surface area (Å²) in [5.41, 5.74) is 7.32. The molecule has 0 aliphatic heterocycles. The molecular formula is C18H22N2O3. The Hall–Kier alpha value is -2.69. The number of carbonyl (C=O) groups is 1. The van der Waals surface area contributed by atoms with Gasteiger partial charge in [0.05, 0.1) is 25.0 Å². The molecule has 0 saturated carbocycles. The fourth-order valence-corrected chi connectivity index (χ4v) is 2.05. The van der Waals surface area contributed by atoms with E-state index in [-0.39, 0.29) is 5.91 Å². The number of amides is 1. The number of hydrogen-bond donors (Lipinski definition) is 2. The van der Waals surface area contributed by atoms with Crippen molar-refractivity contribution in [1.82, 2.24) is 0 Å². The molecule has 0 fully saturated rings. The van der Waals surface area contributed by atoms with Gasteiger partial charge in [-0.15, -0.1) is 0 Å². The van der Waals surface area contributed by atoms with Gasteiger partial charge in [0, 0.05) is 5.69 Å². The first kappa shape index (κ1) is 16.7. The van der Waals surface area contributed by atoms with Crippen molar-refractivity contribution in [1.29, 1.82) is 0 Å². The summed E-state index contributed by atoms with van der Waals surface area (Å²) in [5.74, 6) is 1.21. The van der Waals surface area contributed by atoms with Gasteiger partial charge in [0.25, 0.3) is 5.91 Å². The third kappa shape index (κ3) is 4.39. The highest BCUT2D eigenvalue weighted by Gasteiger charge is 2.15. The lowest BCUT2D eigenvalue weighted by Gasteiger charge is -2.14. The standard InChI is InChI=1S/C18H22N2O3/c1-12(2)11-23-16-7-5-4-6-14(16)18(21)20-15-10-13(19)8-9-17(15)22-3/h4-10,12H,11,19H2,1-3H3,(H,20,21). The molecule has 2 aromatic carbocycles. The molecule has 5 heteroatoms. The van der Waals surface area contributed by atoms with E-state index in [2.05, 4.69) is 19.2 Å². The van der Waals surface area contributed by atoms with E-state index in [4.69, 9.17) is 15.2 Å². The highest BCUT2D eigenvalue weighted by molar-refractivity contribution is 6.07. The molecule has 0 atom stereocenters. The summed E-state index contributed by atoms with van der Waals surface area (Å²) >= 11 is 0. The number of hydrogen-bond acceptors (Lipinski definition) is 4. The highest BCUT2D eigenvalue weighted by Crippen LogP contribution is 2.28. The first-order valence-electron chi connectivity index (χ1n) is 7.48. The topological polar surface area (TPSA) is 73.6 Å². The van der Waals surface area contributed by atoms with E-state index < -0.39 is 0 Å². The van der Waals surface area contributed by atoms with Crippen LogP contribution in [0.25, 0.3) is 0 Å². The van der Waals surface area contributed by atoms with Crippen molar-refractivity contribution in [2.45, 2.75) is 13.8 Å². The van der Waals surface area contributed by atoms with Crippen LogP contribution in [0.2, 0.25) is 0 Å². The highest BCUT2D eigenvalue weighted by atomic mass is 16.5. The molecule has 0 bridgehead atoms. The predicted octanol–water partition coefficient (Wildman–Crippen LogP) is 3.56. The maximum absolute atomic E-state index is 12.6. The van der Waals surface area contributed by atoms with Crippen LogP contribution >= 0.6 is 0 Å². The molecule has 0 unspecified atom stereocenters. The van der Waals surface area contributed by atoms with Gasteiger partial charge >= 0.3 is 0 Å². The van der Waals surface area contributed by atoms with E-state index in [1.54, 1.807) is 43.5 Å². The average molecular weight is 314 g/mol. The largest absolute Gasteiger partial charge is 0.495 e. The molecule has 5 nitrogen and oxygen atoms in total. The first-order valence-corrected chi connectivity index (χ1v) is 7.48. The molecule has 0 saturated heterocycles. The van der Waals surface area contributed by atoms with E-state index in [1.165, 1.54) is 0 Å². The van der Waals surface area contributed by atoms with Gasteiger partial charge in [-0.05, 0) is 36.2 Å². The number of rotatable bonds is 6. The second-order valence-electron chi connectivity index (χ2n) is 5.61. The SMILES string of the molecule is COc1ccc(N)cc1NC(=O)c1ccccc1OCC(C)C. The Morgan fingerprint density at radius 1 is 1.17 bits per heavy atom. The van der Waals surface area contributed by atoms with Gasteiger partial charge in [-0.25, -0.2) is 0 Å². The van der Waals surface area contributed by atoms with Crippen molar-refractivity contribution < 1.29 is 14.3 Å². The Morgan fingerprint density at radius 2 is 1.91 bits per heavy atom. The van der Waals surface area contributed by atoms with Crippen LogP contribution in [0, 0.1) is 5.92 Å². The van der Waals surface area contributed by atoms with E-state index in [9.17, 15) is 4.79 Å². The molecular weight excluding hydrogens is 292 g/mol. The predicted molar refractivity (Wildman–Crippen MR) is 92.1 cm³/mol. The molecule has 2 rings (SSSR count). The molecule has 1 amide bonds. The smallest absolute Gasteiger partial charge is 0.259 e. The van der Waals surface area contributed by atoms with Crippen LogP contribution in [0.3, 0.4) is 0 Å². The van der Waals surface area contributed by atoms with Gasteiger partial charge in [0.1, 0.15) is 11.5 Å². The number of methoxy groups -OCH3 is 1. The Morgan fingerprint density at radius 3 is 2.61 bits per heavy atom. The summed E-state index contributed by atoms with van der Waals surface area (Å²) < 4.78 is 11.0. The van der Waals surface area contributed by atoms with Crippen LogP contribution in [0.5, 0.6) is 11.5 Å². The summed E-state index contributed by atoms with van der Waals surface area (Å²) in [6.07, 6.45) is 0. The van der Waals surface area contributed by atoms with Gasteiger partial charge < -0.3 is 20.5 Å². The van der Waals surface area contributed by atoms with Crippen LogP contribution in [-0.4, -0.2) is 19.6 Å². The summed E-state index contributed by atoms with van der Waals surface area (Å²) in [5, 5.41) is 2.82. The zero-order valence-electron chi connectivity index (χ0n) is 13.6. The maximum atomic E-state index is 12.6. The fraction of sp³-hybridized carbons (Fsp3) is 0.278. The summed E-state index contributed by atoms with van der Waals surface area (Å²) in [6.45, 7) is 4.66. The maximum Gasteiger partial charge on any atom is 0.259 e. The van der Waals surface area contributed by atoms with E-state index >= 15 is 0 Å². The summed E-state index contributed by atoms with van der Waals surface area (Å²) in [4.78, 5) is 12.6. The van der Waals surface area contributed by atoms with Gasteiger partial charge in [-0.2, -0.15) is 0 Å². The summed E-state index contributed by atoms with van der Waals surface area (Å²) in [6, 6.07) is 12.2. The van der Waals surface area contributed by atoms with E-state index in [1.807, 2.05) is 6.07 Å². The molecule has 3 N–H and O–H groups in total. The minimum Gasteiger partial charge on any atom is -0.495 e. The van der Waals surface area contributed by atoms with Crippen LogP contribution in [0.1, 0.15) is 24.2 Å². The van der Waals surface area contributed by atoms with Gasteiger partial charge in [0.15, 0.2) is 0 Å². The lowest BCUT2D eigenvalue weighted by atomic mass is 10.1. The molecule has 0 radical (unpaired) electrons. The van der Waals surface area contributed by atoms with Crippen LogP contribution < -0.4 is 20.5 Å². The Kier molecular flexibility index (Phi) is 5.46. The fourth-order valence-electron chi connectivity index (χ4n) is 2.05. The lowest BCUT2D eigenvalue weighted by molar-refractivity contribution is 0.102. The second kappa shape index (κ2) is 7.54.